The Bertz CT molecular complexity index is 758. The van der Waals surface area contributed by atoms with Crippen LogP contribution in [0.4, 0.5) is 5.88 Å². The zero-order valence-corrected chi connectivity index (χ0v) is 13.9. The molecule has 4 nitrogen and oxygen atoms in total. The van der Waals surface area contributed by atoms with E-state index in [0.29, 0.717) is 5.69 Å². The van der Waals surface area contributed by atoms with Crippen molar-refractivity contribution in [1.82, 2.24) is 10.1 Å². The van der Waals surface area contributed by atoms with Crippen molar-refractivity contribution in [2.45, 2.75) is 0 Å². The number of anilines is 1. The summed E-state index contributed by atoms with van der Waals surface area (Å²) in [4.78, 5) is 4.33. The monoisotopic (exact) mass is 441 g/mol. The summed E-state index contributed by atoms with van der Waals surface area (Å²) >= 11 is 5.73. The van der Waals surface area contributed by atoms with Gasteiger partial charge in [0.15, 0.2) is 0 Å². The number of hydrogen-bond donors (Lipinski definition) is 1. The minimum absolute atomic E-state index is 0.273. The highest BCUT2D eigenvalue weighted by Crippen LogP contribution is 2.37. The highest BCUT2D eigenvalue weighted by molar-refractivity contribution is 14.1. The maximum absolute atomic E-state index is 5.92. The second-order valence-corrected chi connectivity index (χ2v) is 6.19. The van der Waals surface area contributed by atoms with Crippen molar-refractivity contribution >= 4 is 44.4 Å². The Hall–Kier alpha value is -1.41. The van der Waals surface area contributed by atoms with E-state index in [1.54, 1.807) is 6.20 Å². The lowest BCUT2D eigenvalue weighted by Crippen LogP contribution is -1.91. The maximum atomic E-state index is 5.92. The molecule has 2 aromatic heterocycles. The molecule has 0 atom stereocenters. The molecule has 0 aliphatic carbocycles. The van der Waals surface area contributed by atoms with Gasteiger partial charge in [0.05, 0.1) is 11.3 Å². The predicted molar refractivity (Wildman–Crippen MR) is 90.0 cm³/mol. The number of hydrogen-bond acceptors (Lipinski definition) is 4. The van der Waals surface area contributed by atoms with Gasteiger partial charge in [0.2, 0.25) is 5.88 Å². The fourth-order valence-corrected chi connectivity index (χ4v) is 2.88. The minimum atomic E-state index is 0.273. The van der Waals surface area contributed by atoms with Crippen molar-refractivity contribution < 1.29 is 4.52 Å². The molecule has 2 N–H and O–H groups in total. The Balaban J connectivity index is 2.24. The van der Waals surface area contributed by atoms with Crippen molar-refractivity contribution in [3.05, 3.63) is 50.6 Å². The van der Waals surface area contributed by atoms with Crippen LogP contribution in [0.1, 0.15) is 0 Å². The summed E-state index contributed by atoms with van der Waals surface area (Å²) in [5.74, 6) is 0.273. The number of rotatable bonds is 2. The van der Waals surface area contributed by atoms with Crippen LogP contribution in [0.2, 0.25) is 0 Å². The standard InChI is InChI=1S/C14H9BrIN3O/c15-8-4-5-10(16)9(7-8)13-12(14(17)20-19-13)11-3-1-2-6-18-11/h1-7H,17H2. The number of pyridine rings is 1. The van der Waals surface area contributed by atoms with Crippen LogP contribution in [0.15, 0.2) is 51.6 Å². The first-order valence-electron chi connectivity index (χ1n) is 5.79. The van der Waals surface area contributed by atoms with Crippen molar-refractivity contribution in [1.29, 1.82) is 0 Å². The van der Waals surface area contributed by atoms with Crippen LogP contribution in [0, 0.1) is 3.57 Å². The molecule has 0 fully saturated rings. The smallest absolute Gasteiger partial charge is 0.232 e. The third-order valence-electron chi connectivity index (χ3n) is 2.82. The molecule has 0 aliphatic rings. The molecule has 1 aromatic carbocycles. The predicted octanol–water partition coefficient (Wildman–Crippen LogP) is 4.35. The highest BCUT2D eigenvalue weighted by Gasteiger charge is 2.20. The number of nitrogen functional groups attached to an aromatic ring is 1. The van der Waals surface area contributed by atoms with E-state index < -0.39 is 0 Å². The van der Waals surface area contributed by atoms with Gasteiger partial charge in [-0.1, -0.05) is 27.2 Å². The number of halogens is 2. The van der Waals surface area contributed by atoms with E-state index in [0.717, 1.165) is 24.9 Å². The Morgan fingerprint density at radius 1 is 1.20 bits per heavy atom. The number of nitrogens with zero attached hydrogens (tertiary/aromatic N) is 2. The van der Waals surface area contributed by atoms with Crippen LogP contribution in [0.5, 0.6) is 0 Å². The fourth-order valence-electron chi connectivity index (χ4n) is 1.92. The average molecular weight is 442 g/mol. The molecule has 0 bridgehead atoms. The summed E-state index contributed by atoms with van der Waals surface area (Å²) in [7, 11) is 0. The molecule has 0 saturated heterocycles. The molecule has 3 aromatic rings. The maximum Gasteiger partial charge on any atom is 0.232 e. The van der Waals surface area contributed by atoms with Crippen LogP contribution in [0.25, 0.3) is 22.5 Å². The zero-order chi connectivity index (χ0) is 14.1. The van der Waals surface area contributed by atoms with Gasteiger partial charge in [-0.3, -0.25) is 4.98 Å². The number of aromatic nitrogens is 2. The van der Waals surface area contributed by atoms with Crippen LogP contribution in [-0.4, -0.2) is 10.1 Å². The van der Waals surface area contributed by atoms with Crippen LogP contribution < -0.4 is 5.73 Å². The summed E-state index contributed by atoms with van der Waals surface area (Å²) in [6.45, 7) is 0. The van der Waals surface area contributed by atoms with Crippen molar-refractivity contribution in [2.24, 2.45) is 0 Å². The summed E-state index contributed by atoms with van der Waals surface area (Å²) < 4.78 is 7.21. The van der Waals surface area contributed by atoms with Crippen molar-refractivity contribution in [3.63, 3.8) is 0 Å². The summed E-state index contributed by atoms with van der Waals surface area (Å²) in [6.07, 6.45) is 1.72. The minimum Gasteiger partial charge on any atom is -0.367 e. The zero-order valence-electron chi connectivity index (χ0n) is 10.2. The van der Waals surface area contributed by atoms with Gasteiger partial charge in [-0.05, 0) is 52.9 Å². The summed E-state index contributed by atoms with van der Waals surface area (Å²) in [6, 6.07) is 11.6. The summed E-state index contributed by atoms with van der Waals surface area (Å²) in [5, 5.41) is 4.10. The SMILES string of the molecule is Nc1onc(-c2cc(Br)ccc2I)c1-c1ccccn1. The molecule has 0 unspecified atom stereocenters. The Labute approximate surface area is 137 Å². The normalized spacial score (nSPS) is 10.7. The first-order valence-corrected chi connectivity index (χ1v) is 7.66. The van der Waals surface area contributed by atoms with E-state index in [-0.39, 0.29) is 5.88 Å². The molecular formula is C14H9BrIN3O. The van der Waals surface area contributed by atoms with E-state index in [4.69, 9.17) is 10.3 Å². The largest absolute Gasteiger partial charge is 0.367 e. The Morgan fingerprint density at radius 2 is 2.05 bits per heavy atom. The molecule has 0 spiro atoms. The lowest BCUT2D eigenvalue weighted by molar-refractivity contribution is 0.439. The Kier molecular flexibility index (Phi) is 3.75. The molecule has 0 amide bonds. The fraction of sp³-hybridized carbons (Fsp3) is 0. The Morgan fingerprint density at radius 3 is 2.80 bits per heavy atom. The highest BCUT2D eigenvalue weighted by atomic mass is 127. The van der Waals surface area contributed by atoms with Gasteiger partial charge in [0.25, 0.3) is 0 Å². The molecular weight excluding hydrogens is 433 g/mol. The quantitative estimate of drug-likeness (QED) is 0.600. The van der Waals surface area contributed by atoms with E-state index in [9.17, 15) is 0 Å². The molecule has 0 radical (unpaired) electrons. The van der Waals surface area contributed by atoms with Gasteiger partial charge >= 0.3 is 0 Å². The number of nitrogens with two attached hydrogens (primary N) is 1. The van der Waals surface area contributed by atoms with Crippen LogP contribution >= 0.6 is 38.5 Å². The van der Waals surface area contributed by atoms with E-state index in [1.807, 2.05) is 36.4 Å². The van der Waals surface area contributed by atoms with Gasteiger partial charge in [0.1, 0.15) is 5.69 Å². The van der Waals surface area contributed by atoms with E-state index in [1.165, 1.54) is 0 Å². The van der Waals surface area contributed by atoms with Gasteiger partial charge in [-0.15, -0.1) is 0 Å². The second kappa shape index (κ2) is 5.53. The lowest BCUT2D eigenvalue weighted by atomic mass is 10.0. The van der Waals surface area contributed by atoms with Gasteiger partial charge < -0.3 is 10.3 Å². The molecule has 0 aliphatic heterocycles. The van der Waals surface area contributed by atoms with Crippen LogP contribution in [-0.2, 0) is 0 Å². The van der Waals surface area contributed by atoms with Gasteiger partial charge in [-0.25, -0.2) is 0 Å². The second-order valence-electron chi connectivity index (χ2n) is 4.11. The molecule has 100 valence electrons. The van der Waals surface area contributed by atoms with E-state index in [2.05, 4.69) is 48.7 Å². The molecule has 2 heterocycles. The average Bonchev–Trinajstić information content (AvgIpc) is 2.84. The van der Waals surface area contributed by atoms with Crippen molar-refractivity contribution in [2.75, 3.05) is 5.73 Å². The molecule has 0 saturated carbocycles. The van der Waals surface area contributed by atoms with Crippen LogP contribution in [0.3, 0.4) is 0 Å². The third-order valence-corrected chi connectivity index (χ3v) is 4.26. The third kappa shape index (κ3) is 2.45. The lowest BCUT2D eigenvalue weighted by Gasteiger charge is -2.05. The first-order chi connectivity index (χ1) is 9.66. The van der Waals surface area contributed by atoms with Gasteiger partial charge in [0, 0.05) is 19.8 Å². The molecule has 20 heavy (non-hydrogen) atoms. The topological polar surface area (TPSA) is 64.9 Å². The first kappa shape index (κ1) is 13.6. The van der Waals surface area contributed by atoms with Crippen molar-refractivity contribution in [3.8, 4) is 22.5 Å². The molecule has 6 heteroatoms. The van der Waals surface area contributed by atoms with Gasteiger partial charge in [-0.2, -0.15) is 0 Å². The number of benzene rings is 1. The molecule has 3 rings (SSSR count). The van der Waals surface area contributed by atoms with E-state index >= 15 is 0 Å². The summed E-state index contributed by atoms with van der Waals surface area (Å²) in [5.41, 5.74) is 9.05.